The zero-order chi connectivity index (χ0) is 12.4. The van der Waals surface area contributed by atoms with Crippen LogP contribution in [-0.4, -0.2) is 12.1 Å². The molecule has 0 aliphatic heterocycles. The van der Waals surface area contributed by atoms with E-state index < -0.39 is 0 Å². The molecule has 0 unspecified atom stereocenters. The molecule has 0 fully saturated rings. The number of aryl methyl sites for hydroxylation is 1. The van der Waals surface area contributed by atoms with Crippen molar-refractivity contribution in [3.63, 3.8) is 0 Å². The van der Waals surface area contributed by atoms with E-state index in [1.54, 1.807) is 18.4 Å². The van der Waals surface area contributed by atoms with Crippen LogP contribution in [0.25, 0.3) is 10.6 Å². The Balaban J connectivity index is 2.36. The smallest absolute Gasteiger partial charge is 0.123 e. The summed E-state index contributed by atoms with van der Waals surface area (Å²) >= 11 is 1.66. The van der Waals surface area contributed by atoms with Gasteiger partial charge < -0.3 is 10.5 Å². The number of methoxy groups -OCH3 is 1. The maximum atomic E-state index is 5.90. The van der Waals surface area contributed by atoms with E-state index in [-0.39, 0.29) is 6.04 Å². The Kier molecular flexibility index (Phi) is 3.45. The van der Waals surface area contributed by atoms with E-state index in [9.17, 15) is 0 Å². The second kappa shape index (κ2) is 4.85. The van der Waals surface area contributed by atoms with Gasteiger partial charge in [-0.1, -0.05) is 0 Å². The zero-order valence-electron chi connectivity index (χ0n) is 10.2. The number of rotatable bonds is 3. The lowest BCUT2D eigenvalue weighted by molar-refractivity contribution is 0.415. The summed E-state index contributed by atoms with van der Waals surface area (Å²) in [7, 11) is 1.66. The summed E-state index contributed by atoms with van der Waals surface area (Å²) in [5.41, 5.74) is 8.03. The predicted octanol–water partition coefficient (Wildman–Crippen LogP) is 3.15. The van der Waals surface area contributed by atoms with Gasteiger partial charge in [-0.15, -0.1) is 11.3 Å². The molecule has 0 amide bonds. The van der Waals surface area contributed by atoms with Crippen LogP contribution in [0.5, 0.6) is 5.75 Å². The predicted molar refractivity (Wildman–Crippen MR) is 71.4 cm³/mol. The number of nitrogens with two attached hydrogens (primary N) is 1. The molecular weight excluding hydrogens is 232 g/mol. The van der Waals surface area contributed by atoms with Crippen LogP contribution in [0, 0.1) is 6.92 Å². The van der Waals surface area contributed by atoms with Gasteiger partial charge in [-0.25, -0.2) is 4.98 Å². The minimum absolute atomic E-state index is 0.0412. The first-order valence-corrected chi connectivity index (χ1v) is 6.31. The molecule has 4 heteroatoms. The van der Waals surface area contributed by atoms with Crippen molar-refractivity contribution in [2.75, 3.05) is 7.11 Å². The van der Waals surface area contributed by atoms with Crippen molar-refractivity contribution in [2.45, 2.75) is 19.9 Å². The van der Waals surface area contributed by atoms with Gasteiger partial charge in [0.1, 0.15) is 10.8 Å². The maximum Gasteiger partial charge on any atom is 0.123 e. The largest absolute Gasteiger partial charge is 0.497 e. The molecule has 90 valence electrons. The van der Waals surface area contributed by atoms with Crippen LogP contribution in [0.3, 0.4) is 0 Å². The minimum Gasteiger partial charge on any atom is -0.497 e. The lowest BCUT2D eigenvalue weighted by atomic mass is 10.2. The van der Waals surface area contributed by atoms with Crippen LogP contribution in [0.15, 0.2) is 24.3 Å². The van der Waals surface area contributed by atoms with Gasteiger partial charge in [-0.3, -0.25) is 0 Å². The zero-order valence-corrected chi connectivity index (χ0v) is 11.0. The number of nitrogens with zero attached hydrogens (tertiary/aromatic N) is 1. The highest BCUT2D eigenvalue weighted by Gasteiger charge is 2.12. The summed E-state index contributed by atoms with van der Waals surface area (Å²) in [6.07, 6.45) is 0. The average molecular weight is 248 g/mol. The van der Waals surface area contributed by atoms with E-state index in [0.717, 1.165) is 26.9 Å². The SMILES string of the molecule is COc1ccc(-c2nc(C)c([C@@H](C)N)s2)cc1. The van der Waals surface area contributed by atoms with Crippen molar-refractivity contribution in [3.05, 3.63) is 34.8 Å². The molecule has 0 bridgehead atoms. The lowest BCUT2D eigenvalue weighted by Crippen LogP contribution is -2.03. The third-order valence-electron chi connectivity index (χ3n) is 2.58. The van der Waals surface area contributed by atoms with Crippen LogP contribution < -0.4 is 10.5 Å². The third-order valence-corrected chi connectivity index (χ3v) is 3.99. The van der Waals surface area contributed by atoms with Crippen LogP contribution in [0.4, 0.5) is 0 Å². The third kappa shape index (κ3) is 2.48. The van der Waals surface area contributed by atoms with Gasteiger partial charge in [0, 0.05) is 16.5 Å². The monoisotopic (exact) mass is 248 g/mol. The van der Waals surface area contributed by atoms with Gasteiger partial charge in [0.05, 0.1) is 12.8 Å². The Morgan fingerprint density at radius 2 is 1.94 bits per heavy atom. The molecule has 0 aliphatic carbocycles. The molecule has 2 rings (SSSR count). The molecule has 2 aromatic rings. The topological polar surface area (TPSA) is 48.1 Å². The molecular formula is C13H16N2OS. The van der Waals surface area contributed by atoms with Crippen molar-refractivity contribution in [2.24, 2.45) is 5.73 Å². The van der Waals surface area contributed by atoms with Crippen LogP contribution in [0.1, 0.15) is 23.5 Å². The molecule has 0 spiro atoms. The Hall–Kier alpha value is -1.39. The summed E-state index contributed by atoms with van der Waals surface area (Å²) in [6.45, 7) is 3.99. The summed E-state index contributed by atoms with van der Waals surface area (Å²) < 4.78 is 5.14. The van der Waals surface area contributed by atoms with Crippen molar-refractivity contribution >= 4 is 11.3 Å². The molecule has 2 N–H and O–H groups in total. The van der Waals surface area contributed by atoms with Gasteiger partial charge in [-0.2, -0.15) is 0 Å². The summed E-state index contributed by atoms with van der Waals surface area (Å²) in [6, 6.07) is 7.96. The van der Waals surface area contributed by atoms with Gasteiger partial charge in [-0.05, 0) is 38.1 Å². The number of hydrogen-bond acceptors (Lipinski definition) is 4. The Labute approximate surface area is 105 Å². The van der Waals surface area contributed by atoms with Crippen molar-refractivity contribution in [1.29, 1.82) is 0 Å². The second-order valence-corrected chi connectivity index (χ2v) is 5.02. The highest BCUT2D eigenvalue weighted by atomic mass is 32.1. The fourth-order valence-corrected chi connectivity index (χ4v) is 2.71. The molecule has 0 radical (unpaired) electrons. The molecule has 1 heterocycles. The fourth-order valence-electron chi connectivity index (χ4n) is 1.69. The van der Waals surface area contributed by atoms with Crippen LogP contribution in [0.2, 0.25) is 0 Å². The molecule has 3 nitrogen and oxygen atoms in total. The van der Waals surface area contributed by atoms with E-state index in [0.29, 0.717) is 0 Å². The minimum atomic E-state index is 0.0412. The quantitative estimate of drug-likeness (QED) is 0.907. The van der Waals surface area contributed by atoms with Crippen LogP contribution >= 0.6 is 11.3 Å². The highest BCUT2D eigenvalue weighted by molar-refractivity contribution is 7.15. The highest BCUT2D eigenvalue weighted by Crippen LogP contribution is 2.31. The standard InChI is InChI=1S/C13H16N2OS/c1-8(14)12-9(2)15-13(17-12)10-4-6-11(16-3)7-5-10/h4-8H,14H2,1-3H3/t8-/m1/s1. The van der Waals surface area contributed by atoms with Gasteiger partial charge in [0.25, 0.3) is 0 Å². The first-order valence-electron chi connectivity index (χ1n) is 5.49. The molecule has 0 saturated heterocycles. The Morgan fingerprint density at radius 3 is 2.41 bits per heavy atom. The Morgan fingerprint density at radius 1 is 1.29 bits per heavy atom. The second-order valence-electron chi connectivity index (χ2n) is 3.99. The molecule has 17 heavy (non-hydrogen) atoms. The van der Waals surface area contributed by atoms with E-state index in [4.69, 9.17) is 10.5 Å². The average Bonchev–Trinajstić information content (AvgIpc) is 2.71. The van der Waals surface area contributed by atoms with Gasteiger partial charge in [0.15, 0.2) is 0 Å². The maximum absolute atomic E-state index is 5.90. The summed E-state index contributed by atoms with van der Waals surface area (Å²) in [4.78, 5) is 5.70. The first kappa shape index (κ1) is 12.1. The lowest BCUT2D eigenvalue weighted by Gasteiger charge is -2.01. The van der Waals surface area contributed by atoms with E-state index in [1.807, 2.05) is 38.1 Å². The molecule has 1 atom stereocenters. The van der Waals surface area contributed by atoms with Gasteiger partial charge in [0.2, 0.25) is 0 Å². The number of hydrogen-bond donors (Lipinski definition) is 1. The molecule has 1 aromatic heterocycles. The van der Waals surface area contributed by atoms with Crippen molar-refractivity contribution < 1.29 is 4.74 Å². The summed E-state index contributed by atoms with van der Waals surface area (Å²) in [5.74, 6) is 0.856. The number of thiazole rings is 1. The van der Waals surface area contributed by atoms with E-state index in [1.165, 1.54) is 0 Å². The molecule has 0 aliphatic rings. The van der Waals surface area contributed by atoms with Crippen molar-refractivity contribution in [1.82, 2.24) is 4.98 Å². The van der Waals surface area contributed by atoms with Gasteiger partial charge >= 0.3 is 0 Å². The summed E-state index contributed by atoms with van der Waals surface area (Å²) in [5, 5.41) is 1.01. The molecule has 1 aromatic carbocycles. The number of ether oxygens (including phenoxy) is 1. The van der Waals surface area contributed by atoms with Crippen LogP contribution in [-0.2, 0) is 0 Å². The Bertz CT molecular complexity index is 503. The number of aromatic nitrogens is 1. The fraction of sp³-hybridized carbons (Fsp3) is 0.308. The first-order chi connectivity index (χ1) is 8.11. The number of benzene rings is 1. The van der Waals surface area contributed by atoms with Crippen molar-refractivity contribution in [3.8, 4) is 16.3 Å². The normalized spacial score (nSPS) is 12.5. The van der Waals surface area contributed by atoms with E-state index in [2.05, 4.69) is 4.98 Å². The van der Waals surface area contributed by atoms with E-state index >= 15 is 0 Å². The molecule has 0 saturated carbocycles.